The van der Waals surface area contributed by atoms with Gasteiger partial charge in [0, 0.05) is 11.9 Å². The van der Waals surface area contributed by atoms with Gasteiger partial charge in [0.25, 0.3) is 5.91 Å². The fraction of sp³-hybridized carbons (Fsp3) is 0. The summed E-state index contributed by atoms with van der Waals surface area (Å²) < 4.78 is 5.52. The summed E-state index contributed by atoms with van der Waals surface area (Å²) in [6.07, 6.45) is 1.54. The molecule has 0 aliphatic heterocycles. The number of carbonyl (C=O) groups excluding carboxylic acids is 1. The number of nitrogens with one attached hydrogen (secondary N) is 3. The van der Waals surface area contributed by atoms with Crippen LogP contribution in [-0.2, 0) is 0 Å². The minimum absolute atomic E-state index is 0.252. The Hall–Kier alpha value is -2.36. The Bertz CT molecular complexity index is 963. The van der Waals surface area contributed by atoms with E-state index in [4.69, 9.17) is 0 Å². The lowest BCUT2D eigenvalue weighted by Gasteiger charge is -2.02. The minimum atomic E-state index is -0.252. The molecule has 0 radical (unpaired) electrons. The van der Waals surface area contributed by atoms with Gasteiger partial charge in [-0.2, -0.15) is 5.10 Å². The number of thiazole rings is 1. The van der Waals surface area contributed by atoms with Gasteiger partial charge in [-0.1, -0.05) is 17.4 Å². The quantitative estimate of drug-likeness (QED) is 0.450. The summed E-state index contributed by atoms with van der Waals surface area (Å²) in [6.45, 7) is 0. The fourth-order valence-corrected chi connectivity index (χ4v) is 4.34. The van der Waals surface area contributed by atoms with E-state index in [0.717, 1.165) is 15.9 Å². The summed E-state index contributed by atoms with van der Waals surface area (Å²) in [7, 11) is 0. The van der Waals surface area contributed by atoms with Crippen LogP contribution in [0, 0.1) is 0 Å². The topological polar surface area (TPSA) is 82.7 Å². The van der Waals surface area contributed by atoms with Gasteiger partial charge in [0.1, 0.15) is 5.69 Å². The highest BCUT2D eigenvalue weighted by molar-refractivity contribution is 8.02. The molecule has 4 aromatic rings. The molecule has 0 saturated heterocycles. The molecule has 9 heteroatoms. The van der Waals surface area contributed by atoms with Crippen molar-refractivity contribution >= 4 is 61.6 Å². The molecule has 0 aliphatic carbocycles. The molecule has 4 rings (SSSR count). The number of nitrogens with zero attached hydrogens (tertiary/aromatic N) is 2. The molecule has 0 aliphatic rings. The monoisotopic (exact) mass is 373 g/mol. The van der Waals surface area contributed by atoms with Crippen molar-refractivity contribution in [2.24, 2.45) is 0 Å². The Morgan fingerprint density at radius 1 is 1.25 bits per heavy atom. The summed E-state index contributed by atoms with van der Waals surface area (Å²) in [5.41, 5.74) is 2.26. The summed E-state index contributed by atoms with van der Waals surface area (Å²) in [6, 6.07) is 11.6. The van der Waals surface area contributed by atoms with Crippen molar-refractivity contribution in [1.82, 2.24) is 15.2 Å². The molecular formula is C15H11N5OS3. The first kappa shape index (κ1) is 15.2. The van der Waals surface area contributed by atoms with E-state index in [0.29, 0.717) is 10.8 Å². The zero-order chi connectivity index (χ0) is 16.4. The van der Waals surface area contributed by atoms with E-state index in [9.17, 15) is 4.79 Å². The Balaban J connectivity index is 1.49. The van der Waals surface area contributed by atoms with E-state index in [1.807, 2.05) is 29.6 Å². The number of hydrogen-bond donors (Lipinski definition) is 3. The molecular weight excluding hydrogens is 362 g/mol. The van der Waals surface area contributed by atoms with Gasteiger partial charge >= 0.3 is 0 Å². The third-order valence-electron chi connectivity index (χ3n) is 3.12. The van der Waals surface area contributed by atoms with Gasteiger partial charge < -0.3 is 4.72 Å². The van der Waals surface area contributed by atoms with Crippen LogP contribution >= 0.6 is 34.6 Å². The molecule has 0 unspecified atom stereocenters. The van der Waals surface area contributed by atoms with Crippen molar-refractivity contribution < 1.29 is 4.79 Å². The highest BCUT2D eigenvalue weighted by Gasteiger charge is 2.11. The van der Waals surface area contributed by atoms with Crippen LogP contribution in [-0.4, -0.2) is 21.1 Å². The molecule has 3 N–H and O–H groups in total. The van der Waals surface area contributed by atoms with Gasteiger partial charge in [0.15, 0.2) is 5.13 Å². The van der Waals surface area contributed by atoms with Crippen LogP contribution in [0.15, 0.2) is 52.2 Å². The van der Waals surface area contributed by atoms with Crippen molar-refractivity contribution in [2.45, 2.75) is 4.21 Å². The van der Waals surface area contributed by atoms with E-state index in [2.05, 4.69) is 31.3 Å². The molecule has 0 spiro atoms. The molecule has 0 atom stereocenters. The van der Waals surface area contributed by atoms with Crippen molar-refractivity contribution in [3.05, 3.63) is 53.7 Å². The molecule has 24 heavy (non-hydrogen) atoms. The first-order valence-electron chi connectivity index (χ1n) is 6.95. The number of anilines is 2. The van der Waals surface area contributed by atoms with E-state index in [-0.39, 0.29) is 5.91 Å². The number of aromatic nitrogens is 3. The molecule has 6 nitrogen and oxygen atoms in total. The van der Waals surface area contributed by atoms with Crippen molar-refractivity contribution in [3.8, 4) is 0 Å². The Labute approximate surface area is 149 Å². The summed E-state index contributed by atoms with van der Waals surface area (Å²) >= 11 is 4.70. The van der Waals surface area contributed by atoms with Gasteiger partial charge in [0.2, 0.25) is 0 Å². The summed E-state index contributed by atoms with van der Waals surface area (Å²) in [4.78, 5) is 16.5. The largest absolute Gasteiger partial charge is 0.325 e. The highest BCUT2D eigenvalue weighted by Crippen LogP contribution is 2.31. The van der Waals surface area contributed by atoms with Gasteiger partial charge in [-0.3, -0.25) is 15.2 Å². The van der Waals surface area contributed by atoms with Gasteiger partial charge in [0.05, 0.1) is 14.4 Å². The van der Waals surface area contributed by atoms with E-state index < -0.39 is 0 Å². The smallest absolute Gasteiger partial charge is 0.275 e. The zero-order valence-electron chi connectivity index (χ0n) is 12.1. The van der Waals surface area contributed by atoms with Crippen LogP contribution in [0.2, 0.25) is 0 Å². The number of carbonyl (C=O) groups is 1. The lowest BCUT2D eigenvalue weighted by atomic mass is 10.3. The highest BCUT2D eigenvalue weighted by atomic mass is 32.2. The molecule has 120 valence electrons. The van der Waals surface area contributed by atoms with Gasteiger partial charge in [-0.15, -0.1) is 11.3 Å². The van der Waals surface area contributed by atoms with E-state index >= 15 is 0 Å². The number of hydrogen-bond acceptors (Lipinski definition) is 7. The van der Waals surface area contributed by atoms with E-state index in [1.165, 1.54) is 21.7 Å². The van der Waals surface area contributed by atoms with E-state index in [1.54, 1.807) is 29.4 Å². The summed E-state index contributed by atoms with van der Waals surface area (Å²) in [5, 5.41) is 11.8. The van der Waals surface area contributed by atoms with Crippen LogP contribution in [0.1, 0.15) is 10.5 Å². The Morgan fingerprint density at radius 3 is 3.00 bits per heavy atom. The second-order valence-electron chi connectivity index (χ2n) is 4.76. The number of amides is 1. The number of H-pyrrole nitrogens is 1. The van der Waals surface area contributed by atoms with Crippen molar-refractivity contribution in [2.75, 3.05) is 10.0 Å². The normalized spacial score (nSPS) is 10.8. The van der Waals surface area contributed by atoms with Crippen LogP contribution in [0.5, 0.6) is 0 Å². The first-order valence-corrected chi connectivity index (χ1v) is 9.47. The lowest BCUT2D eigenvalue weighted by molar-refractivity contribution is 0.102. The minimum Gasteiger partial charge on any atom is -0.325 e. The summed E-state index contributed by atoms with van der Waals surface area (Å²) in [5.74, 6) is -0.252. The number of fused-ring (bicyclic) bond motifs is 1. The maximum absolute atomic E-state index is 12.0. The molecule has 1 aromatic carbocycles. The molecule has 0 fully saturated rings. The van der Waals surface area contributed by atoms with Crippen LogP contribution in [0.25, 0.3) is 10.2 Å². The van der Waals surface area contributed by atoms with Crippen molar-refractivity contribution in [3.63, 3.8) is 0 Å². The molecule has 0 bridgehead atoms. The number of benzene rings is 1. The predicted molar refractivity (Wildman–Crippen MR) is 100.0 cm³/mol. The second-order valence-corrected chi connectivity index (χ2v) is 7.85. The Kier molecular flexibility index (Phi) is 4.20. The average Bonchev–Trinajstić information content (AvgIpc) is 3.32. The maximum atomic E-state index is 12.0. The maximum Gasteiger partial charge on any atom is 0.275 e. The second kappa shape index (κ2) is 6.63. The standard InChI is InChI=1S/C15H11N5OS3/c21-14(11-5-6-16-19-11)18-15-17-10-4-3-9(8-12(10)23-15)20-24-13-2-1-7-22-13/h1-8,20H,(H,16,19)(H,17,18,21). The lowest BCUT2D eigenvalue weighted by Crippen LogP contribution is -2.11. The van der Waals surface area contributed by atoms with Crippen LogP contribution < -0.4 is 10.0 Å². The van der Waals surface area contributed by atoms with Crippen LogP contribution in [0.3, 0.4) is 0 Å². The SMILES string of the molecule is O=C(Nc1nc2ccc(NSc3cccs3)cc2s1)c1ccn[nH]1. The molecule has 3 aromatic heterocycles. The molecule has 3 heterocycles. The van der Waals surface area contributed by atoms with Crippen molar-refractivity contribution in [1.29, 1.82) is 0 Å². The van der Waals surface area contributed by atoms with Crippen LogP contribution in [0.4, 0.5) is 10.8 Å². The first-order chi connectivity index (χ1) is 11.8. The van der Waals surface area contributed by atoms with Gasteiger partial charge in [-0.05, 0) is 47.7 Å². The third-order valence-corrected chi connectivity index (χ3v) is 5.93. The molecule has 0 saturated carbocycles. The predicted octanol–water partition coefficient (Wildman–Crippen LogP) is 4.45. The number of thiophene rings is 1. The average molecular weight is 373 g/mol. The Morgan fingerprint density at radius 2 is 2.21 bits per heavy atom. The zero-order valence-corrected chi connectivity index (χ0v) is 14.6. The number of aromatic amines is 1. The number of rotatable bonds is 5. The van der Waals surface area contributed by atoms with Gasteiger partial charge in [-0.25, -0.2) is 4.98 Å². The molecule has 1 amide bonds. The third kappa shape index (κ3) is 3.28. The fourth-order valence-electron chi connectivity index (χ4n) is 2.02.